The summed E-state index contributed by atoms with van der Waals surface area (Å²) in [6.07, 6.45) is 0. The van der Waals surface area contributed by atoms with E-state index in [-0.39, 0.29) is 0 Å². The average molecular weight is 190 g/mol. The van der Waals surface area contributed by atoms with E-state index >= 15 is 0 Å². The van der Waals surface area contributed by atoms with Crippen molar-refractivity contribution >= 4 is 11.9 Å². The molecule has 1 aliphatic heterocycles. The van der Waals surface area contributed by atoms with Crippen molar-refractivity contribution in [2.45, 2.75) is 5.91 Å². The molecule has 0 saturated carbocycles. The number of nitrogens with zero attached hydrogens (tertiary/aromatic N) is 1. The predicted molar refractivity (Wildman–Crippen MR) is 39.1 cm³/mol. The van der Waals surface area contributed by atoms with Crippen LogP contribution in [-0.2, 0) is 19.1 Å². The first-order valence-electron chi connectivity index (χ1n) is 3.42. The van der Waals surface area contributed by atoms with Crippen molar-refractivity contribution in [2.24, 2.45) is 0 Å². The van der Waals surface area contributed by atoms with Crippen molar-refractivity contribution in [2.75, 3.05) is 21.3 Å². The number of ether oxygens (including phenoxy) is 2. The van der Waals surface area contributed by atoms with Crippen LogP contribution in [0.3, 0.4) is 0 Å². The van der Waals surface area contributed by atoms with Crippen LogP contribution in [0.25, 0.3) is 0 Å². The third-order valence-corrected chi connectivity index (χ3v) is 1.70. The van der Waals surface area contributed by atoms with Gasteiger partial charge in [-0.25, -0.2) is 4.79 Å². The molecule has 0 atom stereocenters. The minimum absolute atomic E-state index is 0.676. The normalized spacial score (nSPS) is 20.7. The van der Waals surface area contributed by atoms with Gasteiger partial charge < -0.3 is 9.47 Å². The van der Waals surface area contributed by atoms with Crippen molar-refractivity contribution in [3.8, 4) is 0 Å². The van der Waals surface area contributed by atoms with Gasteiger partial charge in [-0.1, -0.05) is 0 Å². The predicted octanol–water partition coefficient (Wildman–Crippen LogP) is -0.954. The lowest BCUT2D eigenvalue weighted by Gasteiger charge is -2.28. The lowest BCUT2D eigenvalue weighted by molar-refractivity contribution is -0.329. The number of urea groups is 1. The summed E-state index contributed by atoms with van der Waals surface area (Å²) in [6.45, 7) is 0. The van der Waals surface area contributed by atoms with Gasteiger partial charge in [-0.2, -0.15) is 0 Å². The van der Waals surface area contributed by atoms with Crippen molar-refractivity contribution in [3.63, 3.8) is 0 Å². The highest BCUT2D eigenvalue weighted by atomic mass is 16.8. The molecule has 7 heteroatoms. The number of imide groups is 1. The van der Waals surface area contributed by atoms with Crippen molar-refractivity contribution in [1.82, 2.24) is 10.4 Å². The topological polar surface area (TPSA) is 77.1 Å². The Kier molecular flexibility index (Phi) is 2.50. The maximum Gasteiger partial charge on any atom is 0.362 e. The van der Waals surface area contributed by atoms with Crippen LogP contribution >= 0.6 is 0 Å². The molecule has 1 aliphatic rings. The Hall–Kier alpha value is -1.18. The molecular formula is C6H10N2O5. The number of carbonyl (C=O) groups excluding carboxylic acids is 2. The smallest absolute Gasteiger partial charge is 0.327 e. The Morgan fingerprint density at radius 2 is 1.77 bits per heavy atom. The van der Waals surface area contributed by atoms with E-state index < -0.39 is 17.8 Å². The molecule has 7 nitrogen and oxygen atoms in total. The molecule has 1 heterocycles. The first kappa shape index (κ1) is 9.90. The summed E-state index contributed by atoms with van der Waals surface area (Å²) in [4.78, 5) is 26.9. The first-order valence-corrected chi connectivity index (χ1v) is 3.42. The molecule has 74 valence electrons. The largest absolute Gasteiger partial charge is 0.362 e. The summed E-state index contributed by atoms with van der Waals surface area (Å²) in [5, 5.41) is 2.66. The zero-order chi connectivity index (χ0) is 10.1. The van der Waals surface area contributed by atoms with E-state index in [0.29, 0.717) is 5.06 Å². The minimum atomic E-state index is -1.81. The minimum Gasteiger partial charge on any atom is -0.327 e. The van der Waals surface area contributed by atoms with Gasteiger partial charge in [0.15, 0.2) is 0 Å². The van der Waals surface area contributed by atoms with Gasteiger partial charge in [0.2, 0.25) is 0 Å². The monoisotopic (exact) mass is 190 g/mol. The van der Waals surface area contributed by atoms with Crippen LogP contribution in [0, 0.1) is 0 Å². The number of carbonyl (C=O) groups is 2. The molecule has 0 unspecified atom stereocenters. The Morgan fingerprint density at radius 3 is 2.08 bits per heavy atom. The molecule has 13 heavy (non-hydrogen) atoms. The highest BCUT2D eigenvalue weighted by Gasteiger charge is 2.56. The fourth-order valence-electron chi connectivity index (χ4n) is 1.09. The number of rotatable bonds is 3. The third-order valence-electron chi connectivity index (χ3n) is 1.70. The van der Waals surface area contributed by atoms with Gasteiger partial charge in [0.05, 0.1) is 7.11 Å². The number of nitrogens with one attached hydrogen (secondary N) is 1. The molecule has 0 aromatic rings. The summed E-state index contributed by atoms with van der Waals surface area (Å²) in [6, 6.07) is -0.726. The molecule has 1 saturated heterocycles. The quantitative estimate of drug-likeness (QED) is 0.458. The van der Waals surface area contributed by atoms with E-state index in [0.717, 1.165) is 0 Å². The summed E-state index contributed by atoms with van der Waals surface area (Å²) >= 11 is 0. The van der Waals surface area contributed by atoms with Gasteiger partial charge in [-0.15, -0.1) is 5.06 Å². The highest BCUT2D eigenvalue weighted by molar-refractivity contribution is 6.04. The molecule has 1 fully saturated rings. The molecule has 0 bridgehead atoms. The van der Waals surface area contributed by atoms with Crippen LogP contribution in [0.5, 0.6) is 0 Å². The fraction of sp³-hybridized carbons (Fsp3) is 0.667. The Bertz CT molecular complexity index is 237. The maximum absolute atomic E-state index is 11.2. The van der Waals surface area contributed by atoms with Gasteiger partial charge in [0, 0.05) is 14.2 Å². The second-order valence-electron chi connectivity index (χ2n) is 2.23. The molecule has 0 spiro atoms. The number of amides is 3. The van der Waals surface area contributed by atoms with Crippen LogP contribution in [0.2, 0.25) is 0 Å². The zero-order valence-corrected chi connectivity index (χ0v) is 7.49. The average Bonchev–Trinajstić information content (AvgIpc) is 2.36. The van der Waals surface area contributed by atoms with Gasteiger partial charge in [0.1, 0.15) is 0 Å². The highest BCUT2D eigenvalue weighted by Crippen LogP contribution is 2.23. The number of hydrogen-bond acceptors (Lipinski definition) is 5. The molecule has 1 N–H and O–H groups in total. The first-order chi connectivity index (χ1) is 6.12. The van der Waals surface area contributed by atoms with Crippen LogP contribution in [0.4, 0.5) is 4.79 Å². The molecule has 0 aromatic carbocycles. The lowest BCUT2D eigenvalue weighted by Crippen LogP contribution is -2.52. The van der Waals surface area contributed by atoms with Crippen LogP contribution in [0.1, 0.15) is 0 Å². The summed E-state index contributed by atoms with van der Waals surface area (Å²) < 4.78 is 9.56. The number of hydroxylamine groups is 2. The van der Waals surface area contributed by atoms with E-state index in [1.807, 2.05) is 5.32 Å². The summed E-state index contributed by atoms with van der Waals surface area (Å²) in [5.41, 5.74) is 0. The summed E-state index contributed by atoms with van der Waals surface area (Å²) in [7, 11) is 3.69. The Labute approximate surface area is 74.5 Å². The van der Waals surface area contributed by atoms with Gasteiger partial charge in [-0.3, -0.25) is 14.9 Å². The second-order valence-corrected chi connectivity index (χ2v) is 2.23. The molecule has 0 aliphatic carbocycles. The maximum atomic E-state index is 11.2. The van der Waals surface area contributed by atoms with E-state index in [2.05, 4.69) is 4.84 Å². The van der Waals surface area contributed by atoms with Gasteiger partial charge in [0.25, 0.3) is 0 Å². The second kappa shape index (κ2) is 3.29. The molecule has 0 radical (unpaired) electrons. The number of methoxy groups -OCH3 is 2. The molecular weight excluding hydrogens is 180 g/mol. The standard InChI is InChI=1S/C6H10N2O5/c1-11-6(12-2)4(9)7-5(10)8(6)13-3/h1-3H3,(H,7,9,10). The Morgan fingerprint density at radius 1 is 1.23 bits per heavy atom. The van der Waals surface area contributed by atoms with Crippen LogP contribution in [-0.4, -0.2) is 44.2 Å². The van der Waals surface area contributed by atoms with Crippen molar-refractivity contribution in [1.29, 1.82) is 0 Å². The van der Waals surface area contributed by atoms with E-state index in [9.17, 15) is 9.59 Å². The fourth-order valence-corrected chi connectivity index (χ4v) is 1.09. The Balaban J connectivity index is 3.03. The number of hydrogen-bond donors (Lipinski definition) is 1. The van der Waals surface area contributed by atoms with Gasteiger partial charge >= 0.3 is 17.8 Å². The zero-order valence-electron chi connectivity index (χ0n) is 7.49. The molecule has 0 aromatic heterocycles. The SMILES string of the molecule is CON1C(=O)NC(=O)C1(OC)OC. The van der Waals surface area contributed by atoms with Crippen molar-refractivity contribution < 1.29 is 23.9 Å². The lowest BCUT2D eigenvalue weighted by atomic mass is 10.5. The van der Waals surface area contributed by atoms with E-state index in [4.69, 9.17) is 9.47 Å². The summed E-state index contributed by atoms with van der Waals surface area (Å²) in [5.74, 6) is -2.53. The van der Waals surface area contributed by atoms with Gasteiger partial charge in [-0.05, 0) is 0 Å². The van der Waals surface area contributed by atoms with E-state index in [1.165, 1.54) is 21.3 Å². The van der Waals surface area contributed by atoms with Crippen LogP contribution in [0.15, 0.2) is 0 Å². The molecule has 1 rings (SSSR count). The van der Waals surface area contributed by atoms with Crippen LogP contribution < -0.4 is 5.32 Å². The third kappa shape index (κ3) is 1.17. The van der Waals surface area contributed by atoms with Crippen molar-refractivity contribution in [3.05, 3.63) is 0 Å². The van der Waals surface area contributed by atoms with E-state index in [1.54, 1.807) is 0 Å². The molecule has 3 amide bonds.